The third-order valence-corrected chi connectivity index (χ3v) is 7.75. The van der Waals surface area contributed by atoms with Crippen molar-refractivity contribution in [1.29, 1.82) is 0 Å². The van der Waals surface area contributed by atoms with Crippen molar-refractivity contribution in [3.63, 3.8) is 0 Å². The van der Waals surface area contributed by atoms with Gasteiger partial charge in [-0.05, 0) is 49.3 Å². The maximum absolute atomic E-state index is 13.1. The number of hydrogen-bond donors (Lipinski definition) is 2. The molecule has 3 aromatic rings. The Labute approximate surface area is 239 Å². The number of ether oxygens (including phenoxy) is 1. The minimum Gasteiger partial charge on any atom is -0.473 e. The van der Waals surface area contributed by atoms with Gasteiger partial charge in [0.15, 0.2) is 5.65 Å². The summed E-state index contributed by atoms with van der Waals surface area (Å²) in [5.74, 6) is -0.735. The number of hydrogen-bond acceptors (Lipinski definition) is 8. The number of piperazine rings is 1. The van der Waals surface area contributed by atoms with E-state index in [-0.39, 0.29) is 41.0 Å². The monoisotopic (exact) mass is 590 g/mol. The molecule has 0 spiro atoms. The minimum absolute atomic E-state index is 0.0292. The summed E-state index contributed by atoms with van der Waals surface area (Å²) in [5, 5.41) is 23.2. The normalized spacial score (nSPS) is 21.8. The molecular formula is C27H33F3N8O4. The van der Waals surface area contributed by atoms with Crippen molar-refractivity contribution in [3.8, 4) is 5.88 Å². The molecule has 0 radical (unpaired) electrons. The van der Waals surface area contributed by atoms with E-state index in [1.807, 2.05) is 25.7 Å². The third kappa shape index (κ3) is 6.34. The molecule has 15 heteroatoms. The highest BCUT2D eigenvalue weighted by molar-refractivity contribution is 5.94. The number of nitrogens with one attached hydrogen (secondary N) is 1. The van der Waals surface area contributed by atoms with E-state index in [4.69, 9.17) is 4.74 Å². The fourth-order valence-corrected chi connectivity index (χ4v) is 5.44. The lowest BCUT2D eigenvalue weighted by Crippen LogP contribution is -2.59. The van der Waals surface area contributed by atoms with Crippen LogP contribution in [-0.2, 0) is 6.18 Å². The molecular weight excluding hydrogens is 557 g/mol. The van der Waals surface area contributed by atoms with Crippen LogP contribution in [0.25, 0.3) is 5.65 Å². The molecule has 1 unspecified atom stereocenters. The summed E-state index contributed by atoms with van der Waals surface area (Å²) >= 11 is 0. The number of fused-ring (bicyclic) bond motifs is 1. The quantitative estimate of drug-likeness (QED) is 0.454. The number of halogens is 3. The lowest BCUT2D eigenvalue weighted by atomic mass is 9.84. The van der Waals surface area contributed by atoms with E-state index >= 15 is 0 Å². The van der Waals surface area contributed by atoms with Gasteiger partial charge in [-0.25, -0.2) is 9.78 Å². The second-order valence-corrected chi connectivity index (χ2v) is 11.7. The van der Waals surface area contributed by atoms with Gasteiger partial charge < -0.3 is 25.0 Å². The minimum atomic E-state index is -4.69. The number of nitrogens with zero attached hydrogens (tertiary/aromatic N) is 7. The number of amides is 2. The van der Waals surface area contributed by atoms with E-state index in [1.54, 1.807) is 12.1 Å². The molecule has 3 aromatic heterocycles. The Morgan fingerprint density at radius 3 is 2.38 bits per heavy atom. The van der Waals surface area contributed by atoms with Gasteiger partial charge in [-0.3, -0.25) is 4.79 Å². The summed E-state index contributed by atoms with van der Waals surface area (Å²) in [5.41, 5.74) is 0.137. The molecule has 1 atom stereocenters. The molecule has 2 amide bonds. The SMILES string of the molecule is CC(C)(C)C1CN(c2ccc(C(=O)NC3CCC(Oc4ccc5nnc(C(F)(F)F)n5n4)CC3)cn2)CCN1C(=O)O. The van der Waals surface area contributed by atoms with E-state index in [9.17, 15) is 27.9 Å². The molecule has 2 N–H and O–H groups in total. The zero-order valence-corrected chi connectivity index (χ0v) is 23.5. The van der Waals surface area contributed by atoms with Crippen molar-refractivity contribution < 1.29 is 32.6 Å². The lowest BCUT2D eigenvalue weighted by Gasteiger charge is -2.46. The third-order valence-electron chi connectivity index (χ3n) is 7.75. The Morgan fingerprint density at radius 2 is 1.76 bits per heavy atom. The average Bonchev–Trinajstić information content (AvgIpc) is 3.37. The summed E-state index contributed by atoms with van der Waals surface area (Å²) in [6.45, 7) is 7.42. The molecule has 5 rings (SSSR count). The van der Waals surface area contributed by atoms with Crippen LogP contribution in [0.15, 0.2) is 30.5 Å². The Hall–Kier alpha value is -4.17. The van der Waals surface area contributed by atoms with Gasteiger partial charge in [0.2, 0.25) is 5.88 Å². The molecule has 226 valence electrons. The van der Waals surface area contributed by atoms with Crippen LogP contribution in [0.3, 0.4) is 0 Å². The lowest BCUT2D eigenvalue weighted by molar-refractivity contribution is -0.146. The van der Waals surface area contributed by atoms with Crippen LogP contribution >= 0.6 is 0 Å². The maximum Gasteiger partial charge on any atom is 0.453 e. The number of carbonyl (C=O) groups excluding carboxylic acids is 1. The van der Waals surface area contributed by atoms with Gasteiger partial charge in [-0.15, -0.1) is 15.3 Å². The summed E-state index contributed by atoms with van der Waals surface area (Å²) in [6, 6.07) is 6.04. The topological polar surface area (TPSA) is 138 Å². The van der Waals surface area contributed by atoms with Crippen LogP contribution in [-0.4, -0.2) is 84.6 Å². The van der Waals surface area contributed by atoms with E-state index in [1.165, 1.54) is 23.2 Å². The van der Waals surface area contributed by atoms with Crippen molar-refractivity contribution in [1.82, 2.24) is 35.0 Å². The average molecular weight is 591 g/mol. The van der Waals surface area contributed by atoms with Gasteiger partial charge in [0, 0.05) is 37.9 Å². The Balaban J connectivity index is 1.13. The highest BCUT2D eigenvalue weighted by Crippen LogP contribution is 2.30. The summed E-state index contributed by atoms with van der Waals surface area (Å²) in [6.07, 6.45) is -1.91. The van der Waals surface area contributed by atoms with E-state index < -0.39 is 18.1 Å². The highest BCUT2D eigenvalue weighted by atomic mass is 19.4. The molecule has 2 aliphatic rings. The van der Waals surface area contributed by atoms with E-state index in [0.717, 1.165) is 0 Å². The van der Waals surface area contributed by atoms with Crippen LogP contribution in [0.4, 0.5) is 23.8 Å². The van der Waals surface area contributed by atoms with Crippen LogP contribution in [0, 0.1) is 5.41 Å². The fourth-order valence-electron chi connectivity index (χ4n) is 5.44. The Morgan fingerprint density at radius 1 is 1.02 bits per heavy atom. The van der Waals surface area contributed by atoms with Crippen LogP contribution < -0.4 is 15.0 Å². The van der Waals surface area contributed by atoms with Crippen LogP contribution in [0.5, 0.6) is 5.88 Å². The van der Waals surface area contributed by atoms with Crippen molar-refractivity contribution in [3.05, 3.63) is 41.9 Å². The summed E-state index contributed by atoms with van der Waals surface area (Å²) < 4.78 is 45.9. The molecule has 1 aliphatic heterocycles. The molecule has 42 heavy (non-hydrogen) atoms. The van der Waals surface area contributed by atoms with Gasteiger partial charge in [0.05, 0.1) is 11.6 Å². The van der Waals surface area contributed by atoms with Gasteiger partial charge in [0.1, 0.15) is 11.9 Å². The number of aromatic nitrogens is 5. The first-order chi connectivity index (χ1) is 19.8. The number of anilines is 1. The second-order valence-electron chi connectivity index (χ2n) is 11.7. The first-order valence-corrected chi connectivity index (χ1v) is 13.8. The van der Waals surface area contributed by atoms with E-state index in [0.29, 0.717) is 61.2 Å². The summed E-state index contributed by atoms with van der Waals surface area (Å²) in [7, 11) is 0. The second kappa shape index (κ2) is 11.2. The van der Waals surface area contributed by atoms with Crippen LogP contribution in [0.1, 0.15) is 62.6 Å². The molecule has 1 saturated heterocycles. The predicted octanol–water partition coefficient (Wildman–Crippen LogP) is 3.87. The zero-order valence-electron chi connectivity index (χ0n) is 23.5. The molecule has 2 fully saturated rings. The highest BCUT2D eigenvalue weighted by Gasteiger charge is 2.39. The number of rotatable bonds is 5. The van der Waals surface area contributed by atoms with E-state index in [2.05, 4.69) is 25.6 Å². The molecule has 1 saturated carbocycles. The Kier molecular flexibility index (Phi) is 7.86. The smallest absolute Gasteiger partial charge is 0.453 e. The maximum atomic E-state index is 13.1. The number of carboxylic acid groups (broad SMARTS) is 1. The largest absolute Gasteiger partial charge is 0.473 e. The first kappa shape index (κ1) is 29.3. The van der Waals surface area contributed by atoms with Crippen molar-refractivity contribution >= 4 is 23.5 Å². The van der Waals surface area contributed by atoms with Gasteiger partial charge >= 0.3 is 12.3 Å². The predicted molar refractivity (Wildman–Crippen MR) is 144 cm³/mol. The van der Waals surface area contributed by atoms with Crippen LogP contribution in [0.2, 0.25) is 0 Å². The molecule has 1 aliphatic carbocycles. The van der Waals surface area contributed by atoms with Gasteiger partial charge in [0.25, 0.3) is 11.7 Å². The standard InChI is InChI=1S/C27H33F3N8O4/c1-26(2,3)19-15-36(12-13-37(19)25(40)41)20-9-4-16(14-31-20)23(39)32-17-5-7-18(8-6-17)42-22-11-10-21-33-34-24(27(28,29)30)38(21)35-22/h4,9-11,14,17-19H,5-8,12-13,15H2,1-3H3,(H,32,39)(H,40,41). The molecule has 0 bridgehead atoms. The zero-order chi connectivity index (χ0) is 30.2. The number of pyridine rings is 1. The first-order valence-electron chi connectivity index (χ1n) is 13.8. The number of carbonyl (C=O) groups is 2. The summed E-state index contributed by atoms with van der Waals surface area (Å²) in [4.78, 5) is 32.6. The molecule has 12 nitrogen and oxygen atoms in total. The molecule has 4 heterocycles. The van der Waals surface area contributed by atoms with Crippen molar-refractivity contribution in [2.24, 2.45) is 5.41 Å². The fraction of sp³-hybridized carbons (Fsp3) is 0.556. The molecule has 0 aromatic carbocycles. The Bertz CT molecular complexity index is 1430. The van der Waals surface area contributed by atoms with Crippen molar-refractivity contribution in [2.75, 3.05) is 24.5 Å². The van der Waals surface area contributed by atoms with Gasteiger partial charge in [-0.2, -0.15) is 17.7 Å². The number of alkyl halides is 3. The van der Waals surface area contributed by atoms with Gasteiger partial charge in [-0.1, -0.05) is 20.8 Å². The van der Waals surface area contributed by atoms with Crippen molar-refractivity contribution in [2.45, 2.75) is 70.8 Å².